The second-order valence-corrected chi connectivity index (χ2v) is 6.66. The SMILES string of the molecule is NCC1CCCC1COCC1CC2CCC1C2. The molecule has 0 aromatic heterocycles. The van der Waals surface area contributed by atoms with E-state index in [1.165, 1.54) is 44.9 Å². The van der Waals surface area contributed by atoms with Gasteiger partial charge in [0.05, 0.1) is 0 Å². The second-order valence-electron chi connectivity index (χ2n) is 6.66. The number of rotatable bonds is 5. The van der Waals surface area contributed by atoms with Crippen molar-refractivity contribution in [3.63, 3.8) is 0 Å². The van der Waals surface area contributed by atoms with Crippen LogP contribution >= 0.6 is 0 Å². The minimum absolute atomic E-state index is 0.745. The molecule has 3 aliphatic carbocycles. The van der Waals surface area contributed by atoms with Crippen molar-refractivity contribution in [1.82, 2.24) is 0 Å². The number of hydrogen-bond donors (Lipinski definition) is 1. The van der Waals surface area contributed by atoms with Crippen LogP contribution in [0.15, 0.2) is 0 Å². The molecule has 2 N–H and O–H groups in total. The Hall–Kier alpha value is -0.0800. The molecular formula is C15H27NO. The Morgan fingerprint density at radius 1 is 0.882 bits per heavy atom. The van der Waals surface area contributed by atoms with E-state index >= 15 is 0 Å². The predicted molar refractivity (Wildman–Crippen MR) is 69.6 cm³/mol. The molecule has 2 heteroatoms. The van der Waals surface area contributed by atoms with Gasteiger partial charge in [-0.1, -0.05) is 12.8 Å². The van der Waals surface area contributed by atoms with Gasteiger partial charge in [-0.25, -0.2) is 0 Å². The van der Waals surface area contributed by atoms with Gasteiger partial charge in [0.15, 0.2) is 0 Å². The highest BCUT2D eigenvalue weighted by molar-refractivity contribution is 4.89. The lowest BCUT2D eigenvalue weighted by Gasteiger charge is -2.23. The average molecular weight is 237 g/mol. The minimum atomic E-state index is 0.745. The van der Waals surface area contributed by atoms with Crippen LogP contribution < -0.4 is 5.73 Å². The predicted octanol–water partition coefficient (Wildman–Crippen LogP) is 2.81. The molecule has 2 nitrogen and oxygen atoms in total. The zero-order chi connectivity index (χ0) is 11.7. The van der Waals surface area contributed by atoms with Crippen molar-refractivity contribution in [2.45, 2.75) is 44.9 Å². The van der Waals surface area contributed by atoms with Gasteiger partial charge >= 0.3 is 0 Å². The first kappa shape index (κ1) is 12.0. The van der Waals surface area contributed by atoms with Crippen LogP contribution in [0.4, 0.5) is 0 Å². The van der Waals surface area contributed by atoms with Gasteiger partial charge in [0.2, 0.25) is 0 Å². The molecule has 0 radical (unpaired) electrons. The van der Waals surface area contributed by atoms with Gasteiger partial charge in [0.25, 0.3) is 0 Å². The van der Waals surface area contributed by atoms with Crippen LogP contribution in [-0.2, 0) is 4.74 Å². The molecule has 98 valence electrons. The van der Waals surface area contributed by atoms with Crippen molar-refractivity contribution in [3.05, 3.63) is 0 Å². The summed E-state index contributed by atoms with van der Waals surface area (Å²) in [6, 6.07) is 0. The first-order valence-corrected chi connectivity index (χ1v) is 7.64. The maximum atomic E-state index is 6.03. The maximum Gasteiger partial charge on any atom is 0.0497 e. The Kier molecular flexibility index (Phi) is 3.72. The van der Waals surface area contributed by atoms with Crippen LogP contribution in [0.5, 0.6) is 0 Å². The molecule has 3 rings (SSSR count). The molecule has 0 aromatic rings. The van der Waals surface area contributed by atoms with E-state index in [-0.39, 0.29) is 0 Å². The lowest BCUT2D eigenvalue weighted by molar-refractivity contribution is 0.0467. The fourth-order valence-corrected chi connectivity index (χ4v) is 4.59. The van der Waals surface area contributed by atoms with Crippen LogP contribution in [-0.4, -0.2) is 19.8 Å². The summed E-state index contributed by atoms with van der Waals surface area (Å²) in [7, 11) is 0. The monoisotopic (exact) mass is 237 g/mol. The van der Waals surface area contributed by atoms with Gasteiger partial charge in [-0.3, -0.25) is 0 Å². The molecule has 0 aromatic carbocycles. The van der Waals surface area contributed by atoms with Crippen molar-refractivity contribution >= 4 is 0 Å². The largest absolute Gasteiger partial charge is 0.381 e. The summed E-state index contributed by atoms with van der Waals surface area (Å²) < 4.78 is 6.03. The van der Waals surface area contributed by atoms with Crippen LogP contribution in [0.2, 0.25) is 0 Å². The Balaban J connectivity index is 1.37. The van der Waals surface area contributed by atoms with E-state index in [0.717, 1.165) is 49.3 Å². The number of ether oxygens (including phenoxy) is 1. The molecule has 0 saturated heterocycles. The Labute approximate surface area is 105 Å². The van der Waals surface area contributed by atoms with Crippen molar-refractivity contribution in [1.29, 1.82) is 0 Å². The van der Waals surface area contributed by atoms with Gasteiger partial charge in [0.1, 0.15) is 0 Å². The molecule has 0 aliphatic heterocycles. The van der Waals surface area contributed by atoms with E-state index < -0.39 is 0 Å². The number of fused-ring (bicyclic) bond motifs is 2. The van der Waals surface area contributed by atoms with Crippen molar-refractivity contribution in [3.8, 4) is 0 Å². The molecule has 5 unspecified atom stereocenters. The van der Waals surface area contributed by atoms with Gasteiger partial charge < -0.3 is 10.5 Å². The molecule has 2 bridgehead atoms. The van der Waals surface area contributed by atoms with Crippen LogP contribution in [0, 0.1) is 29.6 Å². The van der Waals surface area contributed by atoms with E-state index in [2.05, 4.69) is 0 Å². The molecule has 3 saturated carbocycles. The third-order valence-corrected chi connectivity index (χ3v) is 5.67. The van der Waals surface area contributed by atoms with Crippen LogP contribution in [0.1, 0.15) is 44.9 Å². The molecule has 5 atom stereocenters. The van der Waals surface area contributed by atoms with Crippen molar-refractivity contribution in [2.75, 3.05) is 19.8 Å². The quantitative estimate of drug-likeness (QED) is 0.798. The topological polar surface area (TPSA) is 35.2 Å². The van der Waals surface area contributed by atoms with E-state index in [4.69, 9.17) is 10.5 Å². The maximum absolute atomic E-state index is 6.03. The second kappa shape index (κ2) is 5.27. The fraction of sp³-hybridized carbons (Fsp3) is 1.00. The Bertz CT molecular complexity index is 249. The molecule has 0 amide bonds. The summed E-state index contributed by atoms with van der Waals surface area (Å²) in [5.41, 5.74) is 5.81. The van der Waals surface area contributed by atoms with E-state index in [9.17, 15) is 0 Å². The summed E-state index contributed by atoms with van der Waals surface area (Å²) in [6.45, 7) is 2.88. The summed E-state index contributed by atoms with van der Waals surface area (Å²) in [6.07, 6.45) is 9.98. The first-order valence-electron chi connectivity index (χ1n) is 7.64. The van der Waals surface area contributed by atoms with E-state index in [1.807, 2.05) is 0 Å². The summed E-state index contributed by atoms with van der Waals surface area (Å²) >= 11 is 0. The zero-order valence-electron chi connectivity index (χ0n) is 10.9. The zero-order valence-corrected chi connectivity index (χ0v) is 10.9. The highest BCUT2D eigenvalue weighted by Gasteiger charge is 2.39. The summed E-state index contributed by atoms with van der Waals surface area (Å²) in [4.78, 5) is 0. The van der Waals surface area contributed by atoms with Gasteiger partial charge in [0, 0.05) is 13.2 Å². The smallest absolute Gasteiger partial charge is 0.0497 e. The fourth-order valence-electron chi connectivity index (χ4n) is 4.59. The normalized spacial score (nSPS) is 44.6. The summed E-state index contributed by atoms with van der Waals surface area (Å²) in [5.74, 6) is 4.46. The molecule has 0 heterocycles. The van der Waals surface area contributed by atoms with Gasteiger partial charge in [-0.15, -0.1) is 0 Å². The van der Waals surface area contributed by atoms with Gasteiger partial charge in [-0.2, -0.15) is 0 Å². The highest BCUT2D eigenvalue weighted by Crippen LogP contribution is 2.48. The Morgan fingerprint density at radius 2 is 1.71 bits per heavy atom. The van der Waals surface area contributed by atoms with E-state index in [0.29, 0.717) is 0 Å². The van der Waals surface area contributed by atoms with Gasteiger partial charge in [-0.05, 0) is 68.2 Å². The van der Waals surface area contributed by atoms with E-state index in [1.54, 1.807) is 0 Å². The first-order chi connectivity index (χ1) is 8.36. The molecule has 0 spiro atoms. The third kappa shape index (κ3) is 2.53. The number of nitrogens with two attached hydrogens (primary N) is 1. The lowest BCUT2D eigenvalue weighted by Crippen LogP contribution is -2.24. The number of hydrogen-bond acceptors (Lipinski definition) is 2. The van der Waals surface area contributed by atoms with Crippen LogP contribution in [0.3, 0.4) is 0 Å². The molecular weight excluding hydrogens is 210 g/mol. The lowest BCUT2D eigenvalue weighted by atomic mass is 9.89. The third-order valence-electron chi connectivity index (χ3n) is 5.67. The minimum Gasteiger partial charge on any atom is -0.381 e. The van der Waals surface area contributed by atoms with Crippen molar-refractivity contribution < 1.29 is 4.74 Å². The molecule has 3 aliphatic rings. The standard InChI is InChI=1S/C15H27NO/c16-8-13-2-1-3-14(13)9-17-10-15-7-11-4-5-12(15)6-11/h11-15H,1-10,16H2. The molecule has 3 fully saturated rings. The Morgan fingerprint density at radius 3 is 2.41 bits per heavy atom. The summed E-state index contributed by atoms with van der Waals surface area (Å²) in [5, 5.41) is 0. The van der Waals surface area contributed by atoms with Crippen molar-refractivity contribution in [2.24, 2.45) is 35.3 Å². The average Bonchev–Trinajstić information content (AvgIpc) is 3.04. The van der Waals surface area contributed by atoms with Crippen LogP contribution in [0.25, 0.3) is 0 Å². The highest BCUT2D eigenvalue weighted by atomic mass is 16.5. The molecule has 17 heavy (non-hydrogen) atoms.